The summed E-state index contributed by atoms with van der Waals surface area (Å²) in [6, 6.07) is 13.5. The second-order valence-electron chi connectivity index (χ2n) is 7.38. The fourth-order valence-electron chi connectivity index (χ4n) is 3.48. The Hall–Kier alpha value is -3.68. The zero-order chi connectivity index (χ0) is 22.2. The van der Waals surface area contributed by atoms with Crippen LogP contribution in [0.5, 0.6) is 0 Å². The highest BCUT2D eigenvalue weighted by molar-refractivity contribution is 6.17. The predicted molar refractivity (Wildman–Crippen MR) is 115 cm³/mol. The topological polar surface area (TPSA) is 57.6 Å². The third-order valence-electron chi connectivity index (χ3n) is 4.95. The molecule has 1 aliphatic heterocycles. The molecule has 2 heterocycles. The highest BCUT2D eigenvalue weighted by Gasteiger charge is 2.35. The van der Waals surface area contributed by atoms with Crippen molar-refractivity contribution < 1.29 is 18.0 Å². The molecule has 0 atom stereocenters. The molecule has 1 aromatic heterocycles. The van der Waals surface area contributed by atoms with Gasteiger partial charge in [0.2, 0.25) is 5.91 Å². The van der Waals surface area contributed by atoms with E-state index >= 15 is 0 Å². The molecular weight excluding hydrogens is 405 g/mol. The Kier molecular flexibility index (Phi) is 5.22. The van der Waals surface area contributed by atoms with Gasteiger partial charge in [-0.25, -0.2) is 0 Å². The van der Waals surface area contributed by atoms with Gasteiger partial charge in [0.15, 0.2) is 0 Å². The fraction of sp³-hybridized carbons (Fsp3) is 0.174. The molecule has 8 heteroatoms. The van der Waals surface area contributed by atoms with E-state index in [0.29, 0.717) is 5.71 Å². The maximum atomic E-state index is 13.5. The van der Waals surface area contributed by atoms with E-state index in [4.69, 9.17) is 0 Å². The summed E-state index contributed by atoms with van der Waals surface area (Å²) in [5.41, 5.74) is 2.49. The number of amides is 1. The lowest BCUT2D eigenvalue weighted by Crippen LogP contribution is -2.18. The van der Waals surface area contributed by atoms with Crippen molar-refractivity contribution in [3.05, 3.63) is 72.1 Å². The average molecular weight is 424 g/mol. The monoisotopic (exact) mass is 424 g/mol. The zero-order valence-corrected chi connectivity index (χ0v) is 16.9. The van der Waals surface area contributed by atoms with Gasteiger partial charge in [0.1, 0.15) is 0 Å². The number of anilines is 2. The van der Waals surface area contributed by atoms with Gasteiger partial charge in [0.25, 0.3) is 0 Å². The van der Waals surface area contributed by atoms with Crippen molar-refractivity contribution in [3.63, 3.8) is 0 Å². The number of pyridine rings is 1. The third kappa shape index (κ3) is 4.28. The highest BCUT2D eigenvalue weighted by atomic mass is 19.4. The van der Waals surface area contributed by atoms with Crippen LogP contribution < -0.4 is 10.2 Å². The number of carbonyl (C=O) groups excluding carboxylic acids is 1. The molecule has 0 saturated carbocycles. The van der Waals surface area contributed by atoms with Crippen LogP contribution in [0.2, 0.25) is 0 Å². The molecule has 0 fully saturated rings. The molecule has 158 valence electrons. The molecule has 5 nitrogen and oxygen atoms in total. The lowest BCUT2D eigenvalue weighted by atomic mass is 10.0. The standard InChI is InChI=1S/C23H19F3N4O/c1-30(2)21-11-20-19(10-17(21)23(24,25)26)29-22(31)12-18(28-20)15-6-3-5-14(9-15)16-7-4-8-27-13-16/h3-11,13H,12H2,1-2H3,(H,29,31). The lowest BCUT2D eigenvalue weighted by Gasteiger charge is -2.21. The minimum absolute atomic E-state index is 0.0189. The molecule has 0 aliphatic carbocycles. The summed E-state index contributed by atoms with van der Waals surface area (Å²) >= 11 is 0. The molecule has 0 unspecified atom stereocenters. The van der Waals surface area contributed by atoms with E-state index in [1.165, 1.54) is 25.1 Å². The quantitative estimate of drug-likeness (QED) is 0.621. The number of hydrogen-bond donors (Lipinski definition) is 1. The van der Waals surface area contributed by atoms with Crippen LogP contribution in [0.15, 0.2) is 65.9 Å². The first-order valence-corrected chi connectivity index (χ1v) is 9.53. The summed E-state index contributed by atoms with van der Waals surface area (Å²) in [7, 11) is 3.07. The normalized spacial score (nSPS) is 13.7. The van der Waals surface area contributed by atoms with Crippen LogP contribution >= 0.6 is 0 Å². The Morgan fingerprint density at radius 3 is 2.42 bits per heavy atom. The van der Waals surface area contributed by atoms with E-state index < -0.39 is 17.6 Å². The molecule has 0 saturated heterocycles. The van der Waals surface area contributed by atoms with Gasteiger partial charge in [-0.05, 0) is 35.4 Å². The molecule has 4 rings (SSSR count). The first-order valence-electron chi connectivity index (χ1n) is 9.53. The Morgan fingerprint density at radius 2 is 1.74 bits per heavy atom. The molecular formula is C23H19F3N4O. The maximum Gasteiger partial charge on any atom is 0.418 e. The van der Waals surface area contributed by atoms with Crippen molar-refractivity contribution in [2.24, 2.45) is 4.99 Å². The van der Waals surface area contributed by atoms with Crippen molar-refractivity contribution in [2.45, 2.75) is 12.6 Å². The minimum atomic E-state index is -4.56. The molecule has 1 aliphatic rings. The van der Waals surface area contributed by atoms with Crippen LogP contribution in [-0.4, -0.2) is 30.7 Å². The Labute approximate surface area is 177 Å². The number of rotatable bonds is 3. The second kappa shape index (κ2) is 7.86. The van der Waals surface area contributed by atoms with Crippen LogP contribution in [-0.2, 0) is 11.0 Å². The van der Waals surface area contributed by atoms with Crippen LogP contribution in [0.3, 0.4) is 0 Å². The van der Waals surface area contributed by atoms with Crippen LogP contribution in [0.4, 0.5) is 30.2 Å². The van der Waals surface area contributed by atoms with Crippen molar-refractivity contribution in [1.29, 1.82) is 0 Å². The van der Waals surface area contributed by atoms with E-state index in [0.717, 1.165) is 22.8 Å². The van der Waals surface area contributed by atoms with E-state index in [2.05, 4.69) is 15.3 Å². The molecule has 0 bridgehead atoms. The van der Waals surface area contributed by atoms with Gasteiger partial charge in [0, 0.05) is 32.1 Å². The summed E-state index contributed by atoms with van der Waals surface area (Å²) in [6.45, 7) is 0. The van der Waals surface area contributed by atoms with Gasteiger partial charge in [0.05, 0.1) is 34.8 Å². The van der Waals surface area contributed by atoms with Crippen molar-refractivity contribution in [1.82, 2.24) is 4.98 Å². The van der Waals surface area contributed by atoms with E-state index in [9.17, 15) is 18.0 Å². The van der Waals surface area contributed by atoms with Crippen LogP contribution in [0, 0.1) is 0 Å². The summed E-state index contributed by atoms with van der Waals surface area (Å²) < 4.78 is 40.6. The molecule has 1 N–H and O–H groups in total. The number of hydrogen-bond acceptors (Lipinski definition) is 4. The van der Waals surface area contributed by atoms with Crippen molar-refractivity contribution >= 4 is 28.7 Å². The Morgan fingerprint density at radius 1 is 1.00 bits per heavy atom. The third-order valence-corrected chi connectivity index (χ3v) is 4.95. The summed E-state index contributed by atoms with van der Waals surface area (Å²) in [5, 5.41) is 2.57. The summed E-state index contributed by atoms with van der Waals surface area (Å²) in [4.78, 5) is 22.6. The smallest absolute Gasteiger partial charge is 0.377 e. The van der Waals surface area contributed by atoms with Gasteiger partial charge in [-0.3, -0.25) is 14.8 Å². The SMILES string of the molecule is CN(C)c1cc2c(cc1C(F)(F)F)NC(=O)CC(c1cccc(-c3cccnc3)c1)=N2. The first-order chi connectivity index (χ1) is 14.7. The number of carbonyl (C=O) groups is 1. The Balaban J connectivity index is 1.83. The van der Waals surface area contributed by atoms with Crippen LogP contribution in [0.1, 0.15) is 17.5 Å². The maximum absolute atomic E-state index is 13.5. The Bertz CT molecular complexity index is 1170. The van der Waals surface area contributed by atoms with Crippen molar-refractivity contribution in [2.75, 3.05) is 24.3 Å². The van der Waals surface area contributed by atoms with E-state index in [1.54, 1.807) is 12.4 Å². The predicted octanol–water partition coefficient (Wildman–Crippen LogP) is 5.30. The number of alkyl halides is 3. The lowest BCUT2D eigenvalue weighted by molar-refractivity contribution is -0.137. The molecule has 1 amide bonds. The first kappa shape index (κ1) is 20.6. The number of aromatic nitrogens is 1. The van der Waals surface area contributed by atoms with Gasteiger partial charge < -0.3 is 10.2 Å². The van der Waals surface area contributed by atoms with Gasteiger partial charge in [-0.15, -0.1) is 0 Å². The number of benzene rings is 2. The summed E-state index contributed by atoms with van der Waals surface area (Å²) in [6.07, 6.45) is -1.19. The van der Waals surface area contributed by atoms with Crippen LogP contribution in [0.25, 0.3) is 11.1 Å². The molecule has 0 spiro atoms. The second-order valence-corrected chi connectivity index (χ2v) is 7.38. The summed E-state index contributed by atoms with van der Waals surface area (Å²) in [5.74, 6) is -0.421. The van der Waals surface area contributed by atoms with Crippen molar-refractivity contribution in [3.8, 4) is 11.1 Å². The minimum Gasteiger partial charge on any atom is -0.377 e. The zero-order valence-electron chi connectivity index (χ0n) is 16.9. The van der Waals surface area contributed by atoms with Gasteiger partial charge in [-0.1, -0.05) is 24.3 Å². The van der Waals surface area contributed by atoms with Gasteiger partial charge >= 0.3 is 6.18 Å². The fourth-order valence-corrected chi connectivity index (χ4v) is 3.48. The van der Waals surface area contributed by atoms with Gasteiger partial charge in [-0.2, -0.15) is 13.2 Å². The number of aliphatic imine (C=N–C) groups is 1. The number of halogens is 3. The van der Waals surface area contributed by atoms with E-state index in [1.807, 2.05) is 36.4 Å². The number of nitrogens with zero attached hydrogens (tertiary/aromatic N) is 3. The molecule has 0 radical (unpaired) electrons. The molecule has 3 aromatic rings. The average Bonchev–Trinajstić information content (AvgIpc) is 2.90. The number of nitrogens with one attached hydrogen (secondary N) is 1. The highest BCUT2D eigenvalue weighted by Crippen LogP contribution is 2.43. The van der Waals surface area contributed by atoms with E-state index in [-0.39, 0.29) is 23.5 Å². The molecule has 31 heavy (non-hydrogen) atoms. The number of fused-ring (bicyclic) bond motifs is 1. The largest absolute Gasteiger partial charge is 0.418 e. The molecule has 2 aromatic carbocycles.